The predicted molar refractivity (Wildman–Crippen MR) is 41.4 cm³/mol. The topological polar surface area (TPSA) is 0 Å². The van der Waals surface area contributed by atoms with Gasteiger partial charge in [-0.05, 0) is 32.6 Å². The van der Waals surface area contributed by atoms with E-state index in [2.05, 4.69) is 25.2 Å². The Bertz CT molecular complexity index is 129. The third-order valence-electron chi connectivity index (χ3n) is 1.67. The van der Waals surface area contributed by atoms with Gasteiger partial charge in [0.25, 0.3) is 0 Å². The summed E-state index contributed by atoms with van der Waals surface area (Å²) in [6.07, 6.45) is 12.1. The van der Waals surface area contributed by atoms with Crippen LogP contribution in [-0.2, 0) is 0 Å². The molecule has 0 N–H and O–H groups in total. The van der Waals surface area contributed by atoms with Gasteiger partial charge in [-0.25, -0.2) is 0 Å². The zero-order valence-electron chi connectivity index (χ0n) is 6.06. The Hall–Kier alpha value is -0.520. The molecule has 0 bridgehead atoms. The van der Waals surface area contributed by atoms with Crippen LogP contribution in [0.15, 0.2) is 23.8 Å². The molecular formula is C9H14. The standard InChI is InChI=1S/C9H14/c1-9-7-5-3-2-4-6-8-9/h5,7-8H,2-4,6H2,1H3/b7-5-,9-8-. The van der Waals surface area contributed by atoms with Crippen molar-refractivity contribution < 1.29 is 0 Å². The lowest BCUT2D eigenvalue weighted by Gasteiger charge is -1.99. The van der Waals surface area contributed by atoms with Crippen LogP contribution in [0.2, 0.25) is 0 Å². The van der Waals surface area contributed by atoms with E-state index in [1.54, 1.807) is 0 Å². The molecule has 0 radical (unpaired) electrons. The largest absolute Gasteiger partial charge is 0.0843 e. The third-order valence-corrected chi connectivity index (χ3v) is 1.67. The fraction of sp³-hybridized carbons (Fsp3) is 0.556. The lowest BCUT2D eigenvalue weighted by molar-refractivity contribution is 0.755. The van der Waals surface area contributed by atoms with Gasteiger partial charge in [0, 0.05) is 0 Å². The Morgan fingerprint density at radius 1 is 1.22 bits per heavy atom. The molecule has 1 aliphatic rings. The van der Waals surface area contributed by atoms with Gasteiger partial charge in [-0.15, -0.1) is 0 Å². The molecule has 0 amide bonds. The molecule has 0 saturated heterocycles. The van der Waals surface area contributed by atoms with Gasteiger partial charge in [-0.3, -0.25) is 0 Å². The minimum atomic E-state index is 1.27. The zero-order valence-corrected chi connectivity index (χ0v) is 6.06. The molecule has 0 unspecified atom stereocenters. The monoisotopic (exact) mass is 122 g/mol. The van der Waals surface area contributed by atoms with Crippen LogP contribution in [0.1, 0.15) is 32.6 Å². The first-order chi connectivity index (χ1) is 4.39. The summed E-state index contributed by atoms with van der Waals surface area (Å²) in [4.78, 5) is 0. The lowest BCUT2D eigenvalue weighted by atomic mass is 10.1. The van der Waals surface area contributed by atoms with Crippen LogP contribution >= 0.6 is 0 Å². The molecule has 0 heteroatoms. The van der Waals surface area contributed by atoms with Crippen LogP contribution < -0.4 is 0 Å². The van der Waals surface area contributed by atoms with Crippen molar-refractivity contribution in [2.75, 3.05) is 0 Å². The van der Waals surface area contributed by atoms with Crippen LogP contribution in [0.4, 0.5) is 0 Å². The lowest BCUT2D eigenvalue weighted by Crippen LogP contribution is -1.78. The fourth-order valence-electron chi connectivity index (χ4n) is 1.07. The van der Waals surface area contributed by atoms with E-state index in [1.807, 2.05) is 0 Å². The van der Waals surface area contributed by atoms with Crippen LogP contribution in [-0.4, -0.2) is 0 Å². The number of hydrogen-bond acceptors (Lipinski definition) is 0. The second-order valence-electron chi connectivity index (χ2n) is 2.63. The average Bonchev–Trinajstić information content (AvgIpc) is 1.79. The molecule has 9 heavy (non-hydrogen) atoms. The van der Waals surface area contributed by atoms with E-state index in [0.29, 0.717) is 0 Å². The maximum atomic E-state index is 2.32. The molecule has 1 aliphatic carbocycles. The van der Waals surface area contributed by atoms with Gasteiger partial charge in [-0.1, -0.05) is 23.8 Å². The van der Waals surface area contributed by atoms with Crippen molar-refractivity contribution in [2.24, 2.45) is 0 Å². The number of allylic oxidation sites excluding steroid dienone is 4. The summed E-state index contributed by atoms with van der Waals surface area (Å²) in [6.45, 7) is 2.17. The second kappa shape index (κ2) is 3.49. The first-order valence-corrected chi connectivity index (χ1v) is 3.73. The molecule has 0 saturated carbocycles. The highest BCUT2D eigenvalue weighted by atomic mass is 14.0. The third kappa shape index (κ3) is 2.50. The van der Waals surface area contributed by atoms with Gasteiger partial charge in [0.1, 0.15) is 0 Å². The van der Waals surface area contributed by atoms with E-state index in [9.17, 15) is 0 Å². The minimum Gasteiger partial charge on any atom is -0.0843 e. The predicted octanol–water partition coefficient (Wildman–Crippen LogP) is 3.06. The van der Waals surface area contributed by atoms with E-state index < -0.39 is 0 Å². The van der Waals surface area contributed by atoms with E-state index >= 15 is 0 Å². The van der Waals surface area contributed by atoms with Gasteiger partial charge in [0.2, 0.25) is 0 Å². The molecule has 0 aliphatic heterocycles. The highest BCUT2D eigenvalue weighted by Crippen LogP contribution is 2.09. The Morgan fingerprint density at radius 3 is 2.89 bits per heavy atom. The molecule has 0 spiro atoms. The SMILES string of the molecule is CC1=C/CCCC/C=C\1. The molecule has 0 nitrogen and oxygen atoms in total. The summed E-state index contributed by atoms with van der Waals surface area (Å²) in [6, 6.07) is 0. The van der Waals surface area contributed by atoms with Gasteiger partial charge >= 0.3 is 0 Å². The molecule has 1 rings (SSSR count). The Morgan fingerprint density at radius 2 is 2.00 bits per heavy atom. The van der Waals surface area contributed by atoms with Crippen LogP contribution in [0, 0.1) is 0 Å². The summed E-state index contributed by atoms with van der Waals surface area (Å²) in [5.41, 5.74) is 1.43. The molecule has 0 aromatic rings. The smallest absolute Gasteiger partial charge is 0.0345 e. The van der Waals surface area contributed by atoms with E-state index in [1.165, 1.54) is 31.3 Å². The second-order valence-corrected chi connectivity index (χ2v) is 2.63. The fourth-order valence-corrected chi connectivity index (χ4v) is 1.07. The van der Waals surface area contributed by atoms with E-state index in [4.69, 9.17) is 0 Å². The number of rotatable bonds is 0. The van der Waals surface area contributed by atoms with Gasteiger partial charge in [0.05, 0.1) is 0 Å². The highest BCUT2D eigenvalue weighted by molar-refractivity contribution is 5.16. The van der Waals surface area contributed by atoms with Crippen molar-refractivity contribution in [3.63, 3.8) is 0 Å². The molecule has 0 fully saturated rings. The first kappa shape index (κ1) is 6.60. The molecule has 0 atom stereocenters. The van der Waals surface area contributed by atoms with Crippen molar-refractivity contribution in [3.05, 3.63) is 23.8 Å². The zero-order chi connectivity index (χ0) is 6.53. The van der Waals surface area contributed by atoms with Gasteiger partial charge in [0.15, 0.2) is 0 Å². The summed E-state index contributed by atoms with van der Waals surface area (Å²) >= 11 is 0. The van der Waals surface area contributed by atoms with Crippen LogP contribution in [0.3, 0.4) is 0 Å². The van der Waals surface area contributed by atoms with Crippen molar-refractivity contribution >= 4 is 0 Å². The molecule has 0 aromatic carbocycles. The normalized spacial score (nSPS) is 29.7. The highest BCUT2D eigenvalue weighted by Gasteiger charge is 1.89. The summed E-state index contributed by atoms with van der Waals surface area (Å²) in [5, 5.41) is 0. The summed E-state index contributed by atoms with van der Waals surface area (Å²) in [7, 11) is 0. The minimum absolute atomic E-state index is 1.27. The van der Waals surface area contributed by atoms with E-state index in [0.717, 1.165) is 0 Å². The molecule has 50 valence electrons. The average molecular weight is 122 g/mol. The Labute approximate surface area is 57.3 Å². The Balaban J connectivity index is 2.49. The maximum Gasteiger partial charge on any atom is -0.0345 e. The molecule has 0 heterocycles. The van der Waals surface area contributed by atoms with Crippen molar-refractivity contribution in [3.8, 4) is 0 Å². The summed E-state index contributed by atoms with van der Waals surface area (Å²) in [5.74, 6) is 0. The van der Waals surface area contributed by atoms with Crippen molar-refractivity contribution in [2.45, 2.75) is 32.6 Å². The first-order valence-electron chi connectivity index (χ1n) is 3.73. The molecule has 0 aromatic heterocycles. The van der Waals surface area contributed by atoms with Crippen LogP contribution in [0.25, 0.3) is 0 Å². The maximum absolute atomic E-state index is 2.32. The van der Waals surface area contributed by atoms with Crippen LogP contribution in [0.5, 0.6) is 0 Å². The number of hydrogen-bond donors (Lipinski definition) is 0. The quantitative estimate of drug-likeness (QED) is 0.463. The van der Waals surface area contributed by atoms with Crippen molar-refractivity contribution in [1.82, 2.24) is 0 Å². The summed E-state index contributed by atoms with van der Waals surface area (Å²) < 4.78 is 0. The Kier molecular flexibility index (Phi) is 2.56. The van der Waals surface area contributed by atoms with E-state index in [-0.39, 0.29) is 0 Å². The van der Waals surface area contributed by atoms with Crippen molar-refractivity contribution in [1.29, 1.82) is 0 Å². The van der Waals surface area contributed by atoms with Gasteiger partial charge in [-0.2, -0.15) is 0 Å². The molecular weight excluding hydrogens is 108 g/mol. The van der Waals surface area contributed by atoms with Gasteiger partial charge < -0.3 is 0 Å².